The number of imidazole rings is 1. The van der Waals surface area contributed by atoms with Crippen LogP contribution in [-0.2, 0) is 5.88 Å². The second-order valence-electron chi connectivity index (χ2n) is 3.75. The summed E-state index contributed by atoms with van der Waals surface area (Å²) in [6, 6.07) is 4.67. The molecule has 0 fully saturated rings. The zero-order valence-electron chi connectivity index (χ0n) is 9.27. The number of hydrogen-bond acceptors (Lipinski definition) is 2. The summed E-state index contributed by atoms with van der Waals surface area (Å²) in [5.41, 5.74) is 1.09. The third kappa shape index (κ3) is 2.30. The first-order valence-electron chi connectivity index (χ1n) is 5.47. The van der Waals surface area contributed by atoms with E-state index in [0.29, 0.717) is 11.9 Å². The number of hydrogen-bond donors (Lipinski definition) is 0. The Morgan fingerprint density at radius 2 is 2.44 bits per heavy atom. The maximum Gasteiger partial charge on any atom is 0.0954 e. The normalized spacial score (nSPS) is 12.9. The van der Waals surface area contributed by atoms with Crippen molar-refractivity contribution >= 4 is 22.9 Å². The third-order valence-electron chi connectivity index (χ3n) is 2.65. The first-order valence-corrected chi connectivity index (χ1v) is 6.88. The van der Waals surface area contributed by atoms with Gasteiger partial charge in [-0.05, 0) is 17.9 Å². The Morgan fingerprint density at radius 1 is 1.56 bits per heavy atom. The fourth-order valence-electron chi connectivity index (χ4n) is 1.89. The lowest BCUT2D eigenvalue weighted by Gasteiger charge is -2.18. The van der Waals surface area contributed by atoms with Crippen LogP contribution in [0.15, 0.2) is 30.0 Å². The van der Waals surface area contributed by atoms with Crippen molar-refractivity contribution in [2.45, 2.75) is 31.7 Å². The average Bonchev–Trinajstić information content (AvgIpc) is 2.96. The SMILES string of the molecule is CCCC(c1cccs1)n1cncc1CCl. The number of halogens is 1. The quantitative estimate of drug-likeness (QED) is 0.736. The molecular formula is C12H15ClN2S. The maximum atomic E-state index is 5.92. The standard InChI is InChI=1S/C12H15ClN2S/c1-2-4-11(12-5-3-6-16-12)15-9-14-8-10(15)7-13/h3,5-6,8-9,11H,2,4,7H2,1H3. The lowest BCUT2D eigenvalue weighted by molar-refractivity contribution is 0.529. The van der Waals surface area contributed by atoms with Crippen LogP contribution in [0, 0.1) is 0 Å². The fraction of sp³-hybridized carbons (Fsp3) is 0.417. The topological polar surface area (TPSA) is 17.8 Å². The van der Waals surface area contributed by atoms with Crippen LogP contribution in [-0.4, -0.2) is 9.55 Å². The summed E-state index contributed by atoms with van der Waals surface area (Å²) in [4.78, 5) is 5.57. The van der Waals surface area contributed by atoms with Gasteiger partial charge in [0.25, 0.3) is 0 Å². The Labute approximate surface area is 105 Å². The van der Waals surface area contributed by atoms with Crippen LogP contribution in [0.4, 0.5) is 0 Å². The monoisotopic (exact) mass is 254 g/mol. The Bertz CT molecular complexity index is 422. The Balaban J connectivity index is 2.33. The molecule has 0 radical (unpaired) electrons. The summed E-state index contributed by atoms with van der Waals surface area (Å²) in [6.07, 6.45) is 6.02. The highest BCUT2D eigenvalue weighted by atomic mass is 35.5. The molecule has 86 valence electrons. The van der Waals surface area contributed by atoms with Gasteiger partial charge in [-0.25, -0.2) is 4.98 Å². The van der Waals surface area contributed by atoms with Crippen molar-refractivity contribution in [1.82, 2.24) is 9.55 Å². The second-order valence-corrected chi connectivity index (χ2v) is 4.99. The molecule has 0 spiro atoms. The number of alkyl halides is 1. The molecule has 2 heterocycles. The summed E-state index contributed by atoms with van der Waals surface area (Å²) in [5.74, 6) is 0.519. The number of nitrogens with zero attached hydrogens (tertiary/aromatic N) is 2. The van der Waals surface area contributed by atoms with Crippen LogP contribution >= 0.6 is 22.9 Å². The van der Waals surface area contributed by atoms with Gasteiger partial charge in [-0.15, -0.1) is 22.9 Å². The van der Waals surface area contributed by atoms with Crippen LogP contribution in [0.1, 0.15) is 36.4 Å². The smallest absolute Gasteiger partial charge is 0.0954 e. The molecule has 2 aromatic rings. The van der Waals surface area contributed by atoms with Crippen molar-refractivity contribution in [1.29, 1.82) is 0 Å². The molecule has 0 aromatic carbocycles. The van der Waals surface area contributed by atoms with Gasteiger partial charge in [0.05, 0.1) is 23.9 Å². The molecule has 2 rings (SSSR count). The van der Waals surface area contributed by atoms with E-state index in [2.05, 4.69) is 34.0 Å². The van der Waals surface area contributed by atoms with E-state index in [9.17, 15) is 0 Å². The highest BCUT2D eigenvalue weighted by Crippen LogP contribution is 2.28. The van der Waals surface area contributed by atoms with Gasteiger partial charge >= 0.3 is 0 Å². The molecule has 1 unspecified atom stereocenters. The minimum atomic E-state index is 0.390. The van der Waals surface area contributed by atoms with Crippen molar-refractivity contribution in [3.63, 3.8) is 0 Å². The van der Waals surface area contributed by atoms with E-state index in [1.54, 1.807) is 11.3 Å². The van der Waals surface area contributed by atoms with E-state index in [0.717, 1.165) is 18.5 Å². The molecule has 0 aliphatic rings. The Morgan fingerprint density at radius 3 is 3.06 bits per heavy atom. The zero-order chi connectivity index (χ0) is 11.4. The first kappa shape index (κ1) is 11.7. The van der Waals surface area contributed by atoms with E-state index in [4.69, 9.17) is 11.6 Å². The second kappa shape index (κ2) is 5.51. The lowest BCUT2D eigenvalue weighted by Crippen LogP contribution is -2.10. The highest BCUT2D eigenvalue weighted by Gasteiger charge is 2.16. The summed E-state index contributed by atoms with van der Waals surface area (Å²) in [5, 5.41) is 2.12. The number of rotatable bonds is 5. The molecule has 4 heteroatoms. The van der Waals surface area contributed by atoms with Crippen molar-refractivity contribution in [3.8, 4) is 0 Å². The van der Waals surface area contributed by atoms with Gasteiger partial charge in [-0.1, -0.05) is 19.4 Å². The zero-order valence-corrected chi connectivity index (χ0v) is 10.8. The van der Waals surface area contributed by atoms with Gasteiger partial charge in [-0.2, -0.15) is 0 Å². The van der Waals surface area contributed by atoms with E-state index in [1.165, 1.54) is 4.88 Å². The molecule has 0 aliphatic carbocycles. The van der Waals surface area contributed by atoms with Crippen molar-refractivity contribution < 1.29 is 0 Å². The molecule has 2 nitrogen and oxygen atoms in total. The first-order chi connectivity index (χ1) is 7.86. The van der Waals surface area contributed by atoms with Gasteiger partial charge in [0.1, 0.15) is 0 Å². The molecule has 0 bridgehead atoms. The number of thiophene rings is 1. The fourth-order valence-corrected chi connectivity index (χ4v) is 2.96. The number of aromatic nitrogens is 2. The summed E-state index contributed by atoms with van der Waals surface area (Å²) < 4.78 is 2.20. The predicted molar refractivity (Wildman–Crippen MR) is 69.2 cm³/mol. The molecule has 0 N–H and O–H groups in total. The molecule has 0 amide bonds. The summed E-state index contributed by atoms with van der Waals surface area (Å²) in [7, 11) is 0. The van der Waals surface area contributed by atoms with E-state index < -0.39 is 0 Å². The van der Waals surface area contributed by atoms with E-state index in [-0.39, 0.29) is 0 Å². The van der Waals surface area contributed by atoms with Crippen LogP contribution in [0.3, 0.4) is 0 Å². The van der Waals surface area contributed by atoms with Crippen LogP contribution in [0.25, 0.3) is 0 Å². The van der Waals surface area contributed by atoms with Crippen LogP contribution < -0.4 is 0 Å². The highest BCUT2D eigenvalue weighted by molar-refractivity contribution is 7.10. The van der Waals surface area contributed by atoms with Crippen LogP contribution in [0.5, 0.6) is 0 Å². The Kier molecular flexibility index (Phi) is 4.02. The van der Waals surface area contributed by atoms with Gasteiger partial charge < -0.3 is 4.57 Å². The van der Waals surface area contributed by atoms with E-state index >= 15 is 0 Å². The minimum absolute atomic E-state index is 0.390. The molecule has 0 saturated heterocycles. The van der Waals surface area contributed by atoms with E-state index in [1.807, 2.05) is 12.5 Å². The molecule has 0 aliphatic heterocycles. The van der Waals surface area contributed by atoms with Crippen molar-refractivity contribution in [2.24, 2.45) is 0 Å². The van der Waals surface area contributed by atoms with Gasteiger partial charge in [0.2, 0.25) is 0 Å². The summed E-state index contributed by atoms with van der Waals surface area (Å²) in [6.45, 7) is 2.21. The molecular weight excluding hydrogens is 240 g/mol. The van der Waals surface area contributed by atoms with Gasteiger partial charge in [-0.3, -0.25) is 0 Å². The Hall–Kier alpha value is -0.800. The van der Waals surface area contributed by atoms with Gasteiger partial charge in [0, 0.05) is 11.1 Å². The van der Waals surface area contributed by atoms with Crippen molar-refractivity contribution in [3.05, 3.63) is 40.6 Å². The lowest BCUT2D eigenvalue weighted by atomic mass is 10.1. The maximum absolute atomic E-state index is 5.92. The molecule has 16 heavy (non-hydrogen) atoms. The van der Waals surface area contributed by atoms with Gasteiger partial charge in [0.15, 0.2) is 0 Å². The molecule has 1 atom stereocenters. The minimum Gasteiger partial charge on any atom is -0.325 e. The third-order valence-corrected chi connectivity index (χ3v) is 3.90. The molecule has 2 aromatic heterocycles. The van der Waals surface area contributed by atoms with Crippen LogP contribution in [0.2, 0.25) is 0 Å². The summed E-state index contributed by atoms with van der Waals surface area (Å²) >= 11 is 7.72. The molecule has 0 saturated carbocycles. The van der Waals surface area contributed by atoms with Crippen molar-refractivity contribution in [2.75, 3.05) is 0 Å². The predicted octanol–water partition coefficient (Wildman–Crippen LogP) is 4.07. The average molecular weight is 255 g/mol. The largest absolute Gasteiger partial charge is 0.325 e.